The van der Waals surface area contributed by atoms with Crippen LogP contribution in [0.15, 0.2) is 0 Å². The van der Waals surface area contributed by atoms with E-state index in [1.807, 2.05) is 13.8 Å². The van der Waals surface area contributed by atoms with E-state index in [0.29, 0.717) is 38.5 Å². The van der Waals surface area contributed by atoms with Gasteiger partial charge in [-0.05, 0) is 18.3 Å². The highest BCUT2D eigenvalue weighted by molar-refractivity contribution is 7.90. The van der Waals surface area contributed by atoms with E-state index in [0.717, 1.165) is 0 Å². The molecule has 1 aliphatic rings. The number of hydrogen-bond acceptors (Lipinski definition) is 3. The molecule has 6 heteroatoms. The van der Waals surface area contributed by atoms with Crippen molar-refractivity contribution in [1.29, 1.82) is 0 Å². The molecule has 1 N–H and O–H groups in total. The van der Waals surface area contributed by atoms with Crippen LogP contribution in [-0.4, -0.2) is 39.3 Å². The Bertz CT molecular complexity index is 310. The minimum Gasteiger partial charge on any atom is -0.381 e. The number of nitrogens with one attached hydrogen (secondary N) is 1. The van der Waals surface area contributed by atoms with Gasteiger partial charge in [0.15, 0.2) is 0 Å². The molecule has 1 heterocycles. The van der Waals surface area contributed by atoms with Crippen LogP contribution in [0.4, 0.5) is 0 Å². The zero-order valence-corrected chi connectivity index (χ0v) is 11.4. The molecule has 1 aliphatic heterocycles. The van der Waals surface area contributed by atoms with Crippen LogP contribution in [0.5, 0.6) is 0 Å². The highest BCUT2D eigenvalue weighted by Crippen LogP contribution is 2.18. The molecule has 4 nitrogen and oxygen atoms in total. The Morgan fingerprint density at radius 3 is 2.44 bits per heavy atom. The first kappa shape index (κ1) is 14.2. The van der Waals surface area contributed by atoms with E-state index in [2.05, 4.69) is 4.72 Å². The van der Waals surface area contributed by atoms with E-state index in [4.69, 9.17) is 16.3 Å². The Labute approximate surface area is 103 Å². The molecule has 0 aromatic carbocycles. The largest absolute Gasteiger partial charge is 0.381 e. The second-order valence-electron chi connectivity index (χ2n) is 4.98. The number of ether oxygens (including phenoxy) is 1. The fourth-order valence-corrected chi connectivity index (χ4v) is 3.18. The number of hydrogen-bond donors (Lipinski definition) is 1. The van der Waals surface area contributed by atoms with E-state index in [1.54, 1.807) is 0 Å². The summed E-state index contributed by atoms with van der Waals surface area (Å²) in [6, 6.07) is 0. The molecule has 96 valence electrons. The lowest BCUT2D eigenvalue weighted by molar-refractivity contribution is 0.0981. The summed E-state index contributed by atoms with van der Waals surface area (Å²) < 4.78 is 31.7. The smallest absolute Gasteiger partial charge is 0.214 e. The summed E-state index contributed by atoms with van der Waals surface area (Å²) in [5, 5.41) is -0.313. The standard InChI is InChI=1S/C10H20ClNO3S/c1-10(2,7-11)8-12-16(13,14)9-3-5-15-6-4-9/h9,12H,3-8H2,1-2H3. The summed E-state index contributed by atoms with van der Waals surface area (Å²) in [5.41, 5.74) is -0.209. The SMILES string of the molecule is CC(C)(CCl)CNS(=O)(=O)C1CCOCC1. The lowest BCUT2D eigenvalue weighted by Crippen LogP contribution is -2.42. The van der Waals surface area contributed by atoms with Crippen molar-refractivity contribution in [3.63, 3.8) is 0 Å². The van der Waals surface area contributed by atoms with Crippen LogP contribution in [0.2, 0.25) is 0 Å². The van der Waals surface area contributed by atoms with E-state index in [9.17, 15) is 8.42 Å². The number of halogens is 1. The van der Waals surface area contributed by atoms with Crippen molar-refractivity contribution in [3.05, 3.63) is 0 Å². The van der Waals surface area contributed by atoms with Gasteiger partial charge in [-0.1, -0.05) is 13.8 Å². The number of alkyl halides is 1. The van der Waals surface area contributed by atoms with Crippen molar-refractivity contribution in [2.24, 2.45) is 5.41 Å². The second kappa shape index (κ2) is 5.67. The molecule has 0 amide bonds. The molecule has 0 aliphatic carbocycles. The van der Waals surface area contributed by atoms with Gasteiger partial charge < -0.3 is 4.74 Å². The Hall–Kier alpha value is 0.160. The van der Waals surface area contributed by atoms with Crippen LogP contribution in [0, 0.1) is 5.41 Å². The summed E-state index contributed by atoms with van der Waals surface area (Å²) >= 11 is 5.75. The molecule has 0 atom stereocenters. The summed E-state index contributed by atoms with van der Waals surface area (Å²) in [6.45, 7) is 5.32. The van der Waals surface area contributed by atoms with E-state index < -0.39 is 10.0 Å². The van der Waals surface area contributed by atoms with Gasteiger partial charge in [-0.2, -0.15) is 0 Å². The maximum atomic E-state index is 11.9. The first-order chi connectivity index (χ1) is 7.37. The topological polar surface area (TPSA) is 55.4 Å². The third-order valence-electron chi connectivity index (χ3n) is 2.72. The Kier molecular flexibility index (Phi) is 5.04. The van der Waals surface area contributed by atoms with E-state index in [1.165, 1.54) is 0 Å². The van der Waals surface area contributed by atoms with Gasteiger partial charge in [0.1, 0.15) is 0 Å². The predicted molar refractivity (Wildman–Crippen MR) is 65.3 cm³/mol. The maximum Gasteiger partial charge on any atom is 0.214 e. The summed E-state index contributed by atoms with van der Waals surface area (Å²) in [6.07, 6.45) is 1.16. The van der Waals surface area contributed by atoms with Crippen molar-refractivity contribution >= 4 is 21.6 Å². The van der Waals surface area contributed by atoms with Gasteiger partial charge in [0.25, 0.3) is 0 Å². The van der Waals surface area contributed by atoms with Crippen LogP contribution in [-0.2, 0) is 14.8 Å². The van der Waals surface area contributed by atoms with Gasteiger partial charge in [-0.25, -0.2) is 13.1 Å². The predicted octanol–water partition coefficient (Wildman–Crippen LogP) is 1.35. The van der Waals surface area contributed by atoms with Crippen LogP contribution < -0.4 is 4.72 Å². The summed E-state index contributed by atoms with van der Waals surface area (Å²) in [7, 11) is -3.22. The molecular formula is C10H20ClNO3S. The summed E-state index contributed by atoms with van der Waals surface area (Å²) in [4.78, 5) is 0. The maximum absolute atomic E-state index is 11.9. The minimum atomic E-state index is -3.22. The summed E-state index contributed by atoms with van der Waals surface area (Å²) in [5.74, 6) is 0.434. The first-order valence-electron chi connectivity index (χ1n) is 5.49. The zero-order chi connectivity index (χ0) is 12.2. The molecule has 1 fully saturated rings. The normalized spacial score (nSPS) is 19.9. The second-order valence-corrected chi connectivity index (χ2v) is 7.29. The van der Waals surface area contributed by atoms with E-state index in [-0.39, 0.29) is 10.7 Å². The zero-order valence-electron chi connectivity index (χ0n) is 9.83. The van der Waals surface area contributed by atoms with E-state index >= 15 is 0 Å². The molecule has 0 bridgehead atoms. The van der Waals surface area contributed by atoms with Crippen LogP contribution in [0.25, 0.3) is 0 Å². The van der Waals surface area contributed by atoms with Gasteiger partial charge in [-0.15, -0.1) is 11.6 Å². The average Bonchev–Trinajstić information content (AvgIpc) is 2.28. The van der Waals surface area contributed by atoms with Crippen molar-refractivity contribution in [3.8, 4) is 0 Å². The fourth-order valence-electron chi connectivity index (χ4n) is 1.45. The molecule has 0 aromatic heterocycles. The van der Waals surface area contributed by atoms with Crippen molar-refractivity contribution < 1.29 is 13.2 Å². The molecule has 1 saturated heterocycles. The fraction of sp³-hybridized carbons (Fsp3) is 1.00. The Morgan fingerprint density at radius 1 is 1.38 bits per heavy atom. The van der Waals surface area contributed by atoms with Crippen molar-refractivity contribution in [2.75, 3.05) is 25.6 Å². The highest BCUT2D eigenvalue weighted by Gasteiger charge is 2.29. The third-order valence-corrected chi connectivity index (χ3v) is 5.34. The molecule has 0 saturated carbocycles. The quantitative estimate of drug-likeness (QED) is 0.767. The minimum absolute atomic E-state index is 0.209. The molecule has 0 radical (unpaired) electrons. The number of rotatable bonds is 5. The Morgan fingerprint density at radius 2 is 1.94 bits per heavy atom. The lowest BCUT2D eigenvalue weighted by atomic mass is 9.97. The highest BCUT2D eigenvalue weighted by atomic mass is 35.5. The van der Waals surface area contributed by atoms with Gasteiger partial charge >= 0.3 is 0 Å². The van der Waals surface area contributed by atoms with Crippen LogP contribution in [0.1, 0.15) is 26.7 Å². The van der Waals surface area contributed by atoms with Crippen LogP contribution in [0.3, 0.4) is 0 Å². The molecule has 16 heavy (non-hydrogen) atoms. The molecule has 0 spiro atoms. The monoisotopic (exact) mass is 269 g/mol. The number of sulfonamides is 1. The van der Waals surface area contributed by atoms with Gasteiger partial charge in [0.2, 0.25) is 10.0 Å². The van der Waals surface area contributed by atoms with Crippen molar-refractivity contribution in [1.82, 2.24) is 4.72 Å². The first-order valence-corrected chi connectivity index (χ1v) is 7.58. The lowest BCUT2D eigenvalue weighted by Gasteiger charge is -2.26. The molecular weight excluding hydrogens is 250 g/mol. The molecule has 1 rings (SSSR count). The molecule has 0 unspecified atom stereocenters. The van der Waals surface area contributed by atoms with Crippen LogP contribution >= 0.6 is 11.6 Å². The Balaban J connectivity index is 2.51. The van der Waals surface area contributed by atoms with Crippen molar-refractivity contribution in [2.45, 2.75) is 31.9 Å². The van der Waals surface area contributed by atoms with Gasteiger partial charge in [0, 0.05) is 25.6 Å². The van der Waals surface area contributed by atoms with Gasteiger partial charge in [-0.3, -0.25) is 0 Å². The average molecular weight is 270 g/mol. The third kappa shape index (κ3) is 4.20. The van der Waals surface area contributed by atoms with Gasteiger partial charge in [0.05, 0.1) is 5.25 Å². The molecule has 0 aromatic rings.